The molecule has 0 aliphatic carbocycles. The highest BCUT2D eigenvalue weighted by molar-refractivity contribution is 5.65. The average Bonchev–Trinajstić information content (AvgIpc) is 3.05. The molecule has 2 aromatic carbocycles. The lowest BCUT2D eigenvalue weighted by Gasteiger charge is -2.13. The first-order valence-electron chi connectivity index (χ1n) is 7.66. The van der Waals surface area contributed by atoms with Gasteiger partial charge >= 0.3 is 12.4 Å². The molecule has 3 aromatic rings. The van der Waals surface area contributed by atoms with Gasteiger partial charge in [0, 0.05) is 17.4 Å². The van der Waals surface area contributed by atoms with E-state index >= 15 is 0 Å². The maximum atomic E-state index is 13.0. The summed E-state index contributed by atoms with van der Waals surface area (Å²) in [6.45, 7) is 1.77. The predicted molar refractivity (Wildman–Crippen MR) is 88.2 cm³/mol. The van der Waals surface area contributed by atoms with Gasteiger partial charge in [-0.25, -0.2) is 4.68 Å². The standard InChI is InChI=1S/C18H13F6N3/c1-10-4-15(2-3-16(10)25)27-9-12(8-26-27)11-5-13(17(19,20)21)7-14(6-11)18(22,23)24/h2-9H,25H2,1H3. The van der Waals surface area contributed by atoms with Crippen LogP contribution >= 0.6 is 0 Å². The summed E-state index contributed by atoms with van der Waals surface area (Å²) < 4.78 is 79.4. The van der Waals surface area contributed by atoms with E-state index in [0.717, 1.165) is 5.56 Å². The Hall–Kier alpha value is -2.97. The number of alkyl halides is 6. The van der Waals surface area contributed by atoms with Crippen molar-refractivity contribution < 1.29 is 26.3 Å². The van der Waals surface area contributed by atoms with Crippen LogP contribution in [-0.2, 0) is 12.4 Å². The zero-order chi connectivity index (χ0) is 20.0. The van der Waals surface area contributed by atoms with Gasteiger partial charge in [0.1, 0.15) is 0 Å². The molecule has 3 rings (SSSR count). The quantitative estimate of drug-likeness (QED) is 0.470. The van der Waals surface area contributed by atoms with Crippen molar-refractivity contribution in [1.29, 1.82) is 0 Å². The molecule has 9 heteroatoms. The van der Waals surface area contributed by atoms with Gasteiger partial charge in [-0.3, -0.25) is 0 Å². The van der Waals surface area contributed by atoms with Crippen LogP contribution in [0.25, 0.3) is 16.8 Å². The molecule has 0 aliphatic heterocycles. The number of nitrogens with zero attached hydrogens (tertiary/aromatic N) is 2. The van der Waals surface area contributed by atoms with Crippen LogP contribution in [0, 0.1) is 6.92 Å². The molecule has 142 valence electrons. The van der Waals surface area contributed by atoms with Gasteiger partial charge in [-0.05, 0) is 54.4 Å². The summed E-state index contributed by atoms with van der Waals surface area (Å²) in [5.74, 6) is 0. The molecule has 0 saturated heterocycles. The molecule has 2 N–H and O–H groups in total. The van der Waals surface area contributed by atoms with Crippen molar-refractivity contribution in [3.05, 3.63) is 65.5 Å². The molecule has 3 nitrogen and oxygen atoms in total. The normalized spacial score (nSPS) is 12.4. The van der Waals surface area contributed by atoms with E-state index < -0.39 is 23.5 Å². The molecule has 0 spiro atoms. The third kappa shape index (κ3) is 3.91. The Morgan fingerprint density at radius 2 is 1.44 bits per heavy atom. The Labute approximate surface area is 150 Å². The van der Waals surface area contributed by atoms with E-state index in [0.29, 0.717) is 23.5 Å². The molecule has 0 fully saturated rings. The highest BCUT2D eigenvalue weighted by Gasteiger charge is 2.37. The first-order chi connectivity index (χ1) is 12.4. The third-order valence-corrected chi connectivity index (χ3v) is 4.02. The lowest BCUT2D eigenvalue weighted by molar-refractivity contribution is -0.143. The fourth-order valence-electron chi connectivity index (χ4n) is 2.54. The molecular formula is C18H13F6N3. The van der Waals surface area contributed by atoms with Crippen molar-refractivity contribution in [2.45, 2.75) is 19.3 Å². The van der Waals surface area contributed by atoms with E-state index in [2.05, 4.69) is 5.10 Å². The number of anilines is 1. The zero-order valence-electron chi connectivity index (χ0n) is 13.9. The van der Waals surface area contributed by atoms with Crippen molar-refractivity contribution in [3.63, 3.8) is 0 Å². The predicted octanol–water partition coefficient (Wildman–Crippen LogP) is 5.47. The first-order valence-corrected chi connectivity index (χ1v) is 7.66. The van der Waals surface area contributed by atoms with E-state index in [1.165, 1.54) is 17.1 Å². The van der Waals surface area contributed by atoms with Gasteiger partial charge in [-0.1, -0.05) is 0 Å². The summed E-state index contributed by atoms with van der Waals surface area (Å²) >= 11 is 0. The first kappa shape index (κ1) is 18.8. The van der Waals surface area contributed by atoms with Crippen LogP contribution in [0.1, 0.15) is 16.7 Å². The van der Waals surface area contributed by atoms with Gasteiger partial charge in [-0.15, -0.1) is 0 Å². The molecule has 0 bridgehead atoms. The minimum absolute atomic E-state index is 0.0945. The number of benzene rings is 2. The molecule has 0 amide bonds. The summed E-state index contributed by atoms with van der Waals surface area (Å²) in [7, 11) is 0. The van der Waals surface area contributed by atoms with E-state index in [9.17, 15) is 26.3 Å². The Morgan fingerprint density at radius 3 is 1.96 bits per heavy atom. The average molecular weight is 385 g/mol. The van der Waals surface area contributed by atoms with E-state index in [4.69, 9.17) is 5.73 Å². The smallest absolute Gasteiger partial charge is 0.399 e. The lowest BCUT2D eigenvalue weighted by Crippen LogP contribution is -2.11. The highest BCUT2D eigenvalue weighted by Crippen LogP contribution is 2.38. The minimum Gasteiger partial charge on any atom is -0.399 e. The zero-order valence-corrected chi connectivity index (χ0v) is 13.9. The molecule has 1 heterocycles. The number of hydrogen-bond acceptors (Lipinski definition) is 2. The second-order valence-electron chi connectivity index (χ2n) is 6.01. The number of nitrogens with two attached hydrogens (primary N) is 1. The second kappa shape index (κ2) is 6.33. The van der Waals surface area contributed by atoms with Gasteiger partial charge in [-0.2, -0.15) is 31.4 Å². The number of aromatic nitrogens is 2. The molecule has 0 saturated carbocycles. The Morgan fingerprint density at radius 1 is 0.852 bits per heavy atom. The number of nitrogen functional groups attached to an aromatic ring is 1. The molecule has 27 heavy (non-hydrogen) atoms. The molecule has 0 unspecified atom stereocenters. The fourth-order valence-corrected chi connectivity index (χ4v) is 2.54. The topological polar surface area (TPSA) is 43.8 Å². The number of halogens is 6. The number of aryl methyl sites for hydroxylation is 1. The van der Waals surface area contributed by atoms with E-state index in [1.807, 2.05) is 0 Å². The summed E-state index contributed by atoms with van der Waals surface area (Å²) in [4.78, 5) is 0. The molecule has 1 aromatic heterocycles. The van der Waals surface area contributed by atoms with Gasteiger partial charge in [0.05, 0.1) is 23.0 Å². The van der Waals surface area contributed by atoms with Crippen molar-refractivity contribution in [1.82, 2.24) is 9.78 Å². The van der Waals surface area contributed by atoms with E-state index in [-0.39, 0.29) is 17.2 Å². The van der Waals surface area contributed by atoms with Crippen LogP contribution in [-0.4, -0.2) is 9.78 Å². The molecule has 0 atom stereocenters. The van der Waals surface area contributed by atoms with Crippen molar-refractivity contribution in [2.75, 3.05) is 5.73 Å². The highest BCUT2D eigenvalue weighted by atomic mass is 19.4. The van der Waals surface area contributed by atoms with E-state index in [1.54, 1.807) is 25.1 Å². The largest absolute Gasteiger partial charge is 0.416 e. The summed E-state index contributed by atoms with van der Waals surface area (Å²) in [6, 6.07) is 6.43. The maximum absolute atomic E-state index is 13.0. The number of hydrogen-bond donors (Lipinski definition) is 1. The van der Waals surface area contributed by atoms with Crippen LogP contribution in [0.2, 0.25) is 0 Å². The van der Waals surface area contributed by atoms with Gasteiger partial charge in [0.15, 0.2) is 0 Å². The Bertz CT molecular complexity index is 953. The molecular weight excluding hydrogens is 372 g/mol. The van der Waals surface area contributed by atoms with Crippen molar-refractivity contribution >= 4 is 5.69 Å². The summed E-state index contributed by atoms with van der Waals surface area (Å²) in [5, 5.41) is 4.03. The summed E-state index contributed by atoms with van der Waals surface area (Å²) in [6.07, 6.45) is -7.23. The summed E-state index contributed by atoms with van der Waals surface area (Å²) in [5.41, 5.74) is 4.79. The van der Waals surface area contributed by atoms with Crippen LogP contribution in [0.3, 0.4) is 0 Å². The van der Waals surface area contributed by atoms with Crippen molar-refractivity contribution in [2.24, 2.45) is 0 Å². The minimum atomic E-state index is -4.90. The van der Waals surface area contributed by atoms with Gasteiger partial charge in [0.2, 0.25) is 0 Å². The molecule has 0 aliphatic rings. The van der Waals surface area contributed by atoms with Crippen LogP contribution in [0.15, 0.2) is 48.8 Å². The Balaban J connectivity index is 2.09. The van der Waals surface area contributed by atoms with Crippen LogP contribution in [0.4, 0.5) is 32.0 Å². The lowest BCUT2D eigenvalue weighted by atomic mass is 10.0. The van der Waals surface area contributed by atoms with Crippen LogP contribution < -0.4 is 5.73 Å². The van der Waals surface area contributed by atoms with Crippen molar-refractivity contribution in [3.8, 4) is 16.8 Å². The second-order valence-corrected chi connectivity index (χ2v) is 6.01. The maximum Gasteiger partial charge on any atom is 0.416 e. The van der Waals surface area contributed by atoms with Crippen LogP contribution in [0.5, 0.6) is 0 Å². The third-order valence-electron chi connectivity index (χ3n) is 4.02. The molecule has 0 radical (unpaired) electrons. The fraction of sp³-hybridized carbons (Fsp3) is 0.167. The van der Waals surface area contributed by atoms with Gasteiger partial charge < -0.3 is 5.73 Å². The Kier molecular flexibility index (Phi) is 4.41. The van der Waals surface area contributed by atoms with Gasteiger partial charge in [0.25, 0.3) is 0 Å². The number of rotatable bonds is 2. The SMILES string of the molecule is Cc1cc(-n2cc(-c3cc(C(F)(F)F)cc(C(F)(F)F)c3)cn2)ccc1N. The monoisotopic (exact) mass is 385 g/mol.